The zero-order valence-electron chi connectivity index (χ0n) is 18.8. The van der Waals surface area contributed by atoms with Crippen LogP contribution >= 0.6 is 0 Å². The van der Waals surface area contributed by atoms with Gasteiger partial charge in [0.25, 0.3) is 5.91 Å². The zero-order valence-corrected chi connectivity index (χ0v) is 18.8. The molecule has 0 radical (unpaired) electrons. The lowest BCUT2D eigenvalue weighted by Gasteiger charge is -2.39. The van der Waals surface area contributed by atoms with E-state index in [9.17, 15) is 14.3 Å². The van der Waals surface area contributed by atoms with Gasteiger partial charge in [-0.25, -0.2) is 14.1 Å². The number of hydrogen-bond donors (Lipinski definition) is 1. The Hall–Kier alpha value is -3.77. The third-order valence-corrected chi connectivity index (χ3v) is 6.11. The Balaban J connectivity index is 1.57. The van der Waals surface area contributed by atoms with E-state index in [0.29, 0.717) is 23.5 Å². The summed E-state index contributed by atoms with van der Waals surface area (Å²) in [6.45, 7) is 9.03. The summed E-state index contributed by atoms with van der Waals surface area (Å²) in [4.78, 5) is 21.5. The Morgan fingerprint density at radius 1 is 1.30 bits per heavy atom. The van der Waals surface area contributed by atoms with E-state index in [2.05, 4.69) is 21.9 Å². The molecule has 0 saturated carbocycles. The van der Waals surface area contributed by atoms with Gasteiger partial charge in [-0.1, -0.05) is 13.0 Å². The maximum absolute atomic E-state index is 14.4. The predicted octanol–water partition coefficient (Wildman–Crippen LogP) is 3.13. The first-order chi connectivity index (χ1) is 15.8. The van der Waals surface area contributed by atoms with Crippen molar-refractivity contribution in [1.29, 1.82) is 5.26 Å². The van der Waals surface area contributed by atoms with Gasteiger partial charge in [-0.15, -0.1) is 0 Å². The summed E-state index contributed by atoms with van der Waals surface area (Å²) in [7, 11) is 0. The molecule has 1 amide bonds. The Kier molecular flexibility index (Phi) is 6.11. The van der Waals surface area contributed by atoms with Gasteiger partial charge in [0.2, 0.25) is 0 Å². The summed E-state index contributed by atoms with van der Waals surface area (Å²) in [5, 5.41) is 23.8. The lowest BCUT2D eigenvalue weighted by Crippen LogP contribution is -2.53. The number of amides is 1. The Labute approximate surface area is 191 Å². The maximum atomic E-state index is 14.4. The number of likely N-dealkylation sites (N-methyl/N-ethyl adjacent to an activating group) is 1. The number of halogens is 1. The summed E-state index contributed by atoms with van der Waals surface area (Å²) >= 11 is 0. The lowest BCUT2D eigenvalue weighted by molar-refractivity contribution is 0.0499. The van der Waals surface area contributed by atoms with E-state index in [1.807, 2.05) is 11.8 Å². The molecular formula is C24H25FN6O2. The average Bonchev–Trinajstić information content (AvgIpc) is 3.21. The van der Waals surface area contributed by atoms with Crippen LogP contribution in [0.5, 0.6) is 5.75 Å². The summed E-state index contributed by atoms with van der Waals surface area (Å²) < 4.78 is 15.7. The van der Waals surface area contributed by atoms with Crippen LogP contribution in [0, 0.1) is 24.1 Å². The number of carbonyl (C=O) groups is 1. The predicted molar refractivity (Wildman–Crippen MR) is 120 cm³/mol. The molecule has 170 valence electrons. The van der Waals surface area contributed by atoms with E-state index in [1.54, 1.807) is 24.3 Å². The molecule has 0 aliphatic carbocycles. The minimum absolute atomic E-state index is 0.0648. The number of hydrogen-bond acceptors (Lipinski definition) is 6. The van der Waals surface area contributed by atoms with Crippen molar-refractivity contribution in [1.82, 2.24) is 24.6 Å². The summed E-state index contributed by atoms with van der Waals surface area (Å²) in [6.07, 6.45) is 2.88. The molecule has 1 N–H and O–H groups in total. The van der Waals surface area contributed by atoms with E-state index in [-0.39, 0.29) is 34.5 Å². The molecular weight excluding hydrogens is 423 g/mol. The van der Waals surface area contributed by atoms with Crippen molar-refractivity contribution in [2.75, 3.05) is 26.2 Å². The maximum Gasteiger partial charge on any atom is 0.255 e. The molecule has 1 atom stereocenters. The quantitative estimate of drug-likeness (QED) is 0.659. The topological polar surface area (TPSA) is 98.3 Å². The fourth-order valence-electron chi connectivity index (χ4n) is 4.14. The monoisotopic (exact) mass is 448 g/mol. The van der Waals surface area contributed by atoms with E-state index in [4.69, 9.17) is 5.26 Å². The highest BCUT2D eigenvalue weighted by Gasteiger charge is 2.27. The molecule has 4 rings (SSSR count). The van der Waals surface area contributed by atoms with Crippen LogP contribution in [0.4, 0.5) is 4.39 Å². The minimum Gasteiger partial charge on any atom is -0.504 e. The van der Waals surface area contributed by atoms with Crippen LogP contribution in [-0.2, 0) is 0 Å². The molecule has 8 nitrogen and oxygen atoms in total. The molecule has 1 aliphatic heterocycles. The lowest BCUT2D eigenvalue weighted by atomic mass is 10.0. The highest BCUT2D eigenvalue weighted by atomic mass is 19.1. The van der Waals surface area contributed by atoms with Crippen LogP contribution in [0.15, 0.2) is 36.7 Å². The van der Waals surface area contributed by atoms with Crippen molar-refractivity contribution in [3.63, 3.8) is 0 Å². The second-order valence-corrected chi connectivity index (χ2v) is 8.16. The van der Waals surface area contributed by atoms with Crippen LogP contribution in [0.1, 0.15) is 35.3 Å². The van der Waals surface area contributed by atoms with Gasteiger partial charge in [0.1, 0.15) is 17.6 Å². The van der Waals surface area contributed by atoms with Crippen LogP contribution < -0.4 is 0 Å². The Morgan fingerprint density at radius 2 is 2.09 bits per heavy atom. The zero-order chi connectivity index (χ0) is 23.7. The first-order valence-electron chi connectivity index (χ1n) is 10.8. The van der Waals surface area contributed by atoms with Gasteiger partial charge in [-0.3, -0.25) is 9.69 Å². The average molecular weight is 449 g/mol. The second kappa shape index (κ2) is 9.00. The fourth-order valence-corrected chi connectivity index (χ4v) is 4.14. The standard InChI is InChI=1S/C24H25FN6O2/c1-4-29-9-10-30(15(2)13-29)24(33)18-6-8-21(27-12-18)31-14-20(32)23(28-31)19-7-5-17(11-26)22(25)16(19)3/h5-8,12,14-15,32H,4,9-10,13H2,1-3H3/t15-/m1/s1. The number of aromatic nitrogens is 3. The van der Waals surface area contributed by atoms with E-state index in [0.717, 1.165) is 19.6 Å². The molecule has 1 fully saturated rings. The molecule has 3 heterocycles. The van der Waals surface area contributed by atoms with Gasteiger partial charge in [0, 0.05) is 37.4 Å². The van der Waals surface area contributed by atoms with Crippen molar-refractivity contribution in [2.24, 2.45) is 0 Å². The van der Waals surface area contributed by atoms with Crippen molar-refractivity contribution in [3.8, 4) is 28.9 Å². The molecule has 9 heteroatoms. The van der Waals surface area contributed by atoms with Gasteiger partial charge in [0.05, 0.1) is 17.3 Å². The molecule has 1 saturated heterocycles. The molecule has 1 aromatic carbocycles. The van der Waals surface area contributed by atoms with Crippen LogP contribution in [0.3, 0.4) is 0 Å². The van der Waals surface area contributed by atoms with Gasteiger partial charge in [0.15, 0.2) is 11.6 Å². The number of benzene rings is 1. The highest BCUT2D eigenvalue weighted by Crippen LogP contribution is 2.32. The molecule has 33 heavy (non-hydrogen) atoms. The fraction of sp³-hybridized carbons (Fsp3) is 0.333. The minimum atomic E-state index is -0.640. The van der Waals surface area contributed by atoms with Crippen molar-refractivity contribution in [2.45, 2.75) is 26.8 Å². The highest BCUT2D eigenvalue weighted by molar-refractivity contribution is 5.94. The van der Waals surface area contributed by atoms with Gasteiger partial charge in [-0.2, -0.15) is 10.4 Å². The van der Waals surface area contributed by atoms with Crippen LogP contribution in [0.2, 0.25) is 0 Å². The molecule has 0 unspecified atom stereocenters. The number of aromatic hydroxyl groups is 1. The number of nitrogens with zero attached hydrogens (tertiary/aromatic N) is 6. The SMILES string of the molecule is CCN1CCN(C(=O)c2ccc(-n3cc(O)c(-c4ccc(C#N)c(F)c4C)n3)nc2)[C@H](C)C1. The Morgan fingerprint density at radius 3 is 2.73 bits per heavy atom. The van der Waals surface area contributed by atoms with Crippen LogP contribution in [0.25, 0.3) is 17.1 Å². The van der Waals surface area contributed by atoms with Crippen molar-refractivity contribution < 1.29 is 14.3 Å². The van der Waals surface area contributed by atoms with Gasteiger partial charge < -0.3 is 10.0 Å². The van der Waals surface area contributed by atoms with Crippen LogP contribution in [-0.4, -0.2) is 67.8 Å². The first kappa shape index (κ1) is 22.4. The Bertz CT molecular complexity index is 1230. The summed E-state index contributed by atoms with van der Waals surface area (Å²) in [5.74, 6) is -0.445. The number of piperazine rings is 1. The third kappa shape index (κ3) is 4.17. The van der Waals surface area contributed by atoms with E-state index >= 15 is 0 Å². The van der Waals surface area contributed by atoms with Gasteiger partial charge in [-0.05, 0) is 44.2 Å². The molecule has 0 spiro atoms. The first-order valence-corrected chi connectivity index (χ1v) is 10.8. The molecule has 0 bridgehead atoms. The normalized spacial score (nSPS) is 16.6. The number of nitriles is 1. The number of pyridine rings is 1. The molecule has 3 aromatic rings. The molecule has 2 aromatic heterocycles. The van der Waals surface area contributed by atoms with Crippen molar-refractivity contribution in [3.05, 3.63) is 59.2 Å². The molecule has 1 aliphatic rings. The van der Waals surface area contributed by atoms with E-state index < -0.39 is 5.82 Å². The summed E-state index contributed by atoms with van der Waals surface area (Å²) in [6, 6.07) is 8.17. The number of rotatable bonds is 4. The largest absolute Gasteiger partial charge is 0.504 e. The number of carbonyl (C=O) groups excluding carboxylic acids is 1. The third-order valence-electron chi connectivity index (χ3n) is 6.11. The van der Waals surface area contributed by atoms with Crippen molar-refractivity contribution >= 4 is 5.91 Å². The summed E-state index contributed by atoms with van der Waals surface area (Å²) in [5.41, 5.74) is 1.20. The smallest absolute Gasteiger partial charge is 0.255 e. The van der Waals surface area contributed by atoms with Gasteiger partial charge >= 0.3 is 0 Å². The second-order valence-electron chi connectivity index (χ2n) is 8.16. The van der Waals surface area contributed by atoms with E-state index in [1.165, 1.54) is 30.1 Å².